The van der Waals surface area contributed by atoms with E-state index in [-0.39, 0.29) is 64.2 Å². The topological polar surface area (TPSA) is 545 Å². The maximum atomic E-state index is 14.4. The lowest BCUT2D eigenvalue weighted by atomic mass is 9.95. The number of nitrogens with zero attached hydrogens (tertiary/aromatic N) is 10. The molecule has 16 atom stereocenters. The Kier molecular flexibility index (Phi) is 17.3. The number of nitrogens with two attached hydrogens (primary N) is 3. The molecule has 6 aromatic rings. The van der Waals surface area contributed by atoms with Gasteiger partial charge < -0.3 is 84.9 Å². The van der Waals surface area contributed by atoms with E-state index >= 15 is 0 Å². The van der Waals surface area contributed by atoms with Crippen molar-refractivity contribution in [1.29, 1.82) is 0 Å². The minimum atomic E-state index is -6.22. The average molecular weight is 1210 g/mol. The van der Waals surface area contributed by atoms with Gasteiger partial charge in [-0.2, -0.15) is 23.2 Å². The number of aromatic nitrogens is 12. The molecular formula is C38H55N15O23P4. The number of ether oxygens (including phenoxy) is 5. The largest absolute Gasteiger partial charge is 0.778 e. The monoisotopic (exact) mass is 1210 g/mol. The molecule has 3 saturated heterocycles. The van der Waals surface area contributed by atoms with Crippen molar-refractivity contribution in [3.63, 3.8) is 0 Å². The molecule has 3 fully saturated rings. The summed E-state index contributed by atoms with van der Waals surface area (Å²) in [4.78, 5) is 100. The lowest BCUT2D eigenvalue weighted by Crippen LogP contribution is -2.40. The van der Waals surface area contributed by atoms with Crippen LogP contribution < -0.4 is 37.8 Å². The number of nitrogens with one attached hydrogen (secondary N) is 2. The van der Waals surface area contributed by atoms with Crippen LogP contribution in [0.3, 0.4) is 0 Å². The predicted octanol–water partition coefficient (Wildman–Crippen LogP) is -2.81. The molecule has 9 rings (SSSR count). The minimum Gasteiger partial charge on any atom is -0.778 e. The number of methoxy groups -OCH3 is 1. The molecule has 42 heteroatoms. The number of phosphoric acid groups is 3. The van der Waals surface area contributed by atoms with Crippen molar-refractivity contribution < 1.29 is 104 Å². The van der Waals surface area contributed by atoms with Crippen molar-refractivity contribution in [2.45, 2.75) is 93.3 Å². The summed E-state index contributed by atoms with van der Waals surface area (Å²) < 4.78 is 112. The first-order valence-electron chi connectivity index (χ1n) is 23.9. The lowest BCUT2D eigenvalue weighted by molar-refractivity contribution is -0.646. The number of phosphoric ester groups is 2. The van der Waals surface area contributed by atoms with Crippen LogP contribution in [0.2, 0.25) is 0 Å². The molecule has 3 aliphatic heterocycles. The minimum absolute atomic E-state index is 0.00253. The van der Waals surface area contributed by atoms with E-state index in [2.05, 4.69) is 48.5 Å². The van der Waals surface area contributed by atoms with E-state index in [4.69, 9.17) is 54.5 Å². The van der Waals surface area contributed by atoms with Crippen LogP contribution in [-0.2, 0) is 71.2 Å². The van der Waals surface area contributed by atoms with Crippen molar-refractivity contribution in [3.8, 4) is 0 Å². The molecule has 80 heavy (non-hydrogen) atoms. The van der Waals surface area contributed by atoms with E-state index in [0.29, 0.717) is 6.61 Å². The highest BCUT2D eigenvalue weighted by Gasteiger charge is 2.55. The second-order valence-electron chi connectivity index (χ2n) is 18.4. The second-order valence-corrected chi connectivity index (χ2v) is 25.0. The predicted molar refractivity (Wildman–Crippen MR) is 264 cm³/mol. The average Bonchev–Trinajstić information content (AvgIpc) is 4.32. The summed E-state index contributed by atoms with van der Waals surface area (Å²) in [6, 6.07) is 0. The Balaban J connectivity index is 0.889. The van der Waals surface area contributed by atoms with E-state index in [9.17, 15) is 62.7 Å². The van der Waals surface area contributed by atoms with Crippen molar-refractivity contribution in [1.82, 2.24) is 53.6 Å². The Morgan fingerprint density at radius 1 is 0.713 bits per heavy atom. The fourth-order valence-corrected chi connectivity index (χ4v) is 14.7. The molecule has 6 aromatic heterocycles. The Morgan fingerprint density at radius 2 is 1.30 bits per heavy atom. The molecule has 5 unspecified atom stereocenters. The number of unbranched alkanes of at least 4 members (excludes halogenated alkanes) is 1. The van der Waals surface area contributed by atoms with Gasteiger partial charge in [-0.1, -0.05) is 13.3 Å². The summed E-state index contributed by atoms with van der Waals surface area (Å²) >= 11 is 0. The summed E-state index contributed by atoms with van der Waals surface area (Å²) in [5.74, 6) is -1.62. The van der Waals surface area contributed by atoms with Crippen LogP contribution in [0.4, 0.5) is 17.7 Å². The number of anilines is 3. The fourth-order valence-electron chi connectivity index (χ4n) is 9.49. The van der Waals surface area contributed by atoms with Gasteiger partial charge in [-0.05, 0) is 12.8 Å². The summed E-state index contributed by atoms with van der Waals surface area (Å²) in [5, 5.41) is 33.5. The molecule has 38 nitrogen and oxygen atoms in total. The normalized spacial score (nSPS) is 29.3. The van der Waals surface area contributed by atoms with Gasteiger partial charge in [0.05, 0.1) is 57.4 Å². The van der Waals surface area contributed by atoms with E-state index in [1.165, 1.54) is 27.1 Å². The van der Waals surface area contributed by atoms with Crippen molar-refractivity contribution in [2.24, 2.45) is 13.0 Å². The highest BCUT2D eigenvalue weighted by molar-refractivity contribution is 7.66. The number of nitrogen functional groups attached to an aromatic ring is 3. The van der Waals surface area contributed by atoms with Crippen LogP contribution >= 0.6 is 31.1 Å². The Bertz CT molecular complexity index is 3570. The standard InChI is InChI=1S/C38H55N15O23P4/c1-4-5-7-68-8-6-16-17(72-34(23(16)54)53-15-50(2)22-31(53)47-38(41)49-33(22)58)9-70-78(61,62)75-80(65,66)76-79(63,64)71-11-19-27(26(67-3)36(74-19)51-13-44-20-28(39)42-12-43-29(20)51)77(59,60)69-10-18-24(55)25(56)35(73-18)52-14-45-21-30(52)46-37(40)48-32(21)57/h12-19,23-27,34-36,54-56H,4-11H2,1-3H3,(H11-,39,40,41,42,43,46,47,48,49,57,58,59,60,61,62,63,64,65,66)/t16-,17-,18-,19?,23-,24-,25-,26-,27-,34-,35-,36-/m1/s1. The number of aliphatic hydroxyl groups excluding tert-OH is 3. The highest BCUT2D eigenvalue weighted by Crippen LogP contribution is 2.68. The van der Waals surface area contributed by atoms with Gasteiger partial charge in [0.2, 0.25) is 24.5 Å². The van der Waals surface area contributed by atoms with Crippen molar-refractivity contribution in [3.05, 3.63) is 46.0 Å². The van der Waals surface area contributed by atoms with Crippen molar-refractivity contribution >= 4 is 82.3 Å². The van der Waals surface area contributed by atoms with Crippen LogP contribution in [0.5, 0.6) is 0 Å². The molecule has 0 spiro atoms. The molecule has 14 N–H and O–H groups in total. The number of aliphatic hydroxyl groups is 3. The fraction of sp³-hybridized carbons (Fsp3) is 0.605. The smallest absolute Gasteiger partial charge is 0.490 e. The number of aryl methyl sites for hydroxylation is 1. The summed E-state index contributed by atoms with van der Waals surface area (Å²) in [5.41, 5.74) is 13.7. The third-order valence-corrected chi connectivity index (χ3v) is 19.3. The molecule has 0 amide bonds. The first-order valence-corrected chi connectivity index (χ1v) is 30.0. The Hall–Kier alpha value is -5.11. The number of hydrogen-bond donors (Lipinski definition) is 11. The van der Waals surface area contributed by atoms with Gasteiger partial charge in [-0.25, -0.2) is 38.2 Å². The third kappa shape index (κ3) is 12.2. The first kappa shape index (κ1) is 59.5. The van der Waals surface area contributed by atoms with Gasteiger partial charge >= 0.3 is 29.0 Å². The van der Waals surface area contributed by atoms with E-state index in [1.54, 1.807) is 0 Å². The highest BCUT2D eigenvalue weighted by atomic mass is 31.3. The van der Waals surface area contributed by atoms with E-state index in [1.807, 2.05) is 6.92 Å². The van der Waals surface area contributed by atoms with Gasteiger partial charge in [-0.3, -0.25) is 37.7 Å². The molecule has 0 radical (unpaired) electrons. The van der Waals surface area contributed by atoms with Gasteiger partial charge in [0, 0.05) is 26.2 Å². The SMILES string of the molecule is CCCCOCC[C@H]1[C@@H](O)[C@H](n2c[n+](C)c3c(=O)[nH]c(N)nc32)O[C@@H]1COP(=O)(O)OP(=O)(O)OP(=O)(O)OCC1O[C@@H](n2cnc3c(N)ncnc32)[C@H](OC)[C@@H]1P(=O)([O-])OC[C@H]1O[C@@H](n2cnc3c(=O)[nH]c(N)nc32)[C@H](O)[C@@H]1O. The summed E-state index contributed by atoms with van der Waals surface area (Å²) in [6.45, 7) is -0.902. The third-order valence-electron chi connectivity index (χ3n) is 13.1. The van der Waals surface area contributed by atoms with Crippen molar-refractivity contribution in [2.75, 3.05) is 57.3 Å². The van der Waals surface area contributed by atoms with Crippen LogP contribution in [0, 0.1) is 5.92 Å². The number of H-pyrrole nitrogens is 2. The van der Waals surface area contributed by atoms with E-state index < -0.39 is 135 Å². The quantitative estimate of drug-likeness (QED) is 0.0165. The van der Waals surface area contributed by atoms with Crippen LogP contribution in [-0.4, -0.2) is 172 Å². The van der Waals surface area contributed by atoms with Gasteiger partial charge in [0.15, 0.2) is 35.1 Å². The number of fused-ring (bicyclic) bond motifs is 3. The maximum absolute atomic E-state index is 14.4. The molecule has 3 aliphatic rings. The summed E-state index contributed by atoms with van der Waals surface area (Å²) in [6.07, 6.45) is -9.80. The molecule has 0 aliphatic carbocycles. The lowest BCUT2D eigenvalue weighted by Gasteiger charge is -2.35. The number of hydrogen-bond acceptors (Lipinski definition) is 29. The number of aromatic amines is 2. The molecule has 0 bridgehead atoms. The Labute approximate surface area is 448 Å². The summed E-state index contributed by atoms with van der Waals surface area (Å²) in [7, 11) is -21.0. The van der Waals surface area contributed by atoms with E-state index in [0.717, 1.165) is 43.5 Å². The Morgan fingerprint density at radius 3 is 1.98 bits per heavy atom. The second kappa shape index (κ2) is 23.3. The van der Waals surface area contributed by atoms with Gasteiger partial charge in [-0.15, -0.1) is 0 Å². The zero-order valence-electron chi connectivity index (χ0n) is 42.0. The molecule has 9 heterocycles. The molecule has 0 aromatic carbocycles. The van der Waals surface area contributed by atoms with Crippen LogP contribution in [0.15, 0.2) is 34.9 Å². The van der Waals surface area contributed by atoms with Crippen LogP contribution in [0.25, 0.3) is 33.5 Å². The van der Waals surface area contributed by atoms with Gasteiger partial charge in [0.1, 0.15) is 50.0 Å². The first-order chi connectivity index (χ1) is 37.7. The zero-order chi connectivity index (χ0) is 57.8. The maximum Gasteiger partial charge on any atom is 0.490 e. The number of rotatable bonds is 24. The molecular weight excluding hydrogens is 1160 g/mol. The van der Waals surface area contributed by atoms with Crippen LogP contribution in [0.1, 0.15) is 44.9 Å². The molecule has 0 saturated carbocycles. The zero-order valence-corrected chi connectivity index (χ0v) is 45.6. The van der Waals surface area contributed by atoms with Gasteiger partial charge in [0.25, 0.3) is 16.7 Å². The number of imidazole rings is 3. The molecule has 440 valence electrons.